The molecule has 0 heterocycles. The molecule has 0 aliphatic heterocycles. The maximum Gasteiger partial charge on any atom is 0.251 e. The van der Waals surface area contributed by atoms with Crippen molar-refractivity contribution in [3.05, 3.63) is 65.7 Å². The first-order valence-corrected chi connectivity index (χ1v) is 8.33. The van der Waals surface area contributed by atoms with E-state index in [2.05, 4.69) is 17.6 Å². The summed E-state index contributed by atoms with van der Waals surface area (Å²) in [5.74, 6) is -0.159. The Kier molecular flexibility index (Phi) is 6.55. The third kappa shape index (κ3) is 5.54. The van der Waals surface area contributed by atoms with Gasteiger partial charge in [0.05, 0.1) is 6.42 Å². The Bertz CT molecular complexity index is 666. The van der Waals surface area contributed by atoms with Crippen LogP contribution in [0.25, 0.3) is 0 Å². The van der Waals surface area contributed by atoms with E-state index in [1.54, 1.807) is 24.3 Å². The number of anilines is 1. The Morgan fingerprint density at radius 1 is 1.00 bits per heavy atom. The number of hydrogen-bond acceptors (Lipinski definition) is 2. The summed E-state index contributed by atoms with van der Waals surface area (Å²) in [6.07, 6.45) is 2.32. The molecule has 0 spiro atoms. The van der Waals surface area contributed by atoms with Gasteiger partial charge in [-0.1, -0.05) is 43.7 Å². The van der Waals surface area contributed by atoms with Crippen LogP contribution in [0.2, 0.25) is 0 Å². The van der Waals surface area contributed by atoms with Gasteiger partial charge in [0.1, 0.15) is 0 Å². The van der Waals surface area contributed by atoms with Gasteiger partial charge in [-0.05, 0) is 43.2 Å². The summed E-state index contributed by atoms with van der Waals surface area (Å²) in [6, 6.07) is 16.7. The van der Waals surface area contributed by atoms with Gasteiger partial charge >= 0.3 is 0 Å². The third-order valence-corrected chi connectivity index (χ3v) is 3.74. The van der Waals surface area contributed by atoms with E-state index >= 15 is 0 Å². The maximum absolute atomic E-state index is 12.1. The normalized spacial score (nSPS) is 11.6. The van der Waals surface area contributed by atoms with E-state index in [-0.39, 0.29) is 17.9 Å². The average molecular weight is 324 g/mol. The van der Waals surface area contributed by atoms with Gasteiger partial charge in [0.15, 0.2) is 0 Å². The fourth-order valence-electron chi connectivity index (χ4n) is 2.50. The van der Waals surface area contributed by atoms with Crippen LogP contribution in [0.15, 0.2) is 54.6 Å². The second-order valence-corrected chi connectivity index (χ2v) is 5.95. The van der Waals surface area contributed by atoms with Gasteiger partial charge < -0.3 is 10.6 Å². The fraction of sp³-hybridized carbons (Fsp3) is 0.300. The Balaban J connectivity index is 1.89. The Morgan fingerprint density at radius 2 is 1.67 bits per heavy atom. The zero-order valence-corrected chi connectivity index (χ0v) is 14.2. The fourth-order valence-corrected chi connectivity index (χ4v) is 2.50. The Morgan fingerprint density at radius 3 is 2.29 bits per heavy atom. The summed E-state index contributed by atoms with van der Waals surface area (Å²) in [6.45, 7) is 4.09. The van der Waals surface area contributed by atoms with Crippen molar-refractivity contribution in [2.45, 2.75) is 39.2 Å². The second-order valence-electron chi connectivity index (χ2n) is 5.95. The van der Waals surface area contributed by atoms with Crippen molar-refractivity contribution in [1.82, 2.24) is 5.32 Å². The minimum atomic E-state index is -0.0851. The number of carbonyl (C=O) groups excluding carboxylic acids is 2. The van der Waals surface area contributed by atoms with Gasteiger partial charge in [0, 0.05) is 17.3 Å². The number of rotatable bonds is 7. The first kappa shape index (κ1) is 17.7. The number of amides is 2. The molecular weight excluding hydrogens is 300 g/mol. The van der Waals surface area contributed by atoms with Crippen molar-refractivity contribution in [1.29, 1.82) is 0 Å². The first-order valence-electron chi connectivity index (χ1n) is 8.33. The molecule has 4 nitrogen and oxygen atoms in total. The molecule has 2 amide bonds. The third-order valence-electron chi connectivity index (χ3n) is 3.74. The molecule has 2 N–H and O–H groups in total. The molecule has 0 saturated carbocycles. The molecule has 0 aliphatic carbocycles. The first-order chi connectivity index (χ1) is 11.6. The lowest BCUT2D eigenvalue weighted by molar-refractivity contribution is -0.115. The van der Waals surface area contributed by atoms with Crippen LogP contribution in [-0.4, -0.2) is 17.9 Å². The van der Waals surface area contributed by atoms with E-state index in [1.807, 2.05) is 37.3 Å². The van der Waals surface area contributed by atoms with Crippen LogP contribution in [0, 0.1) is 0 Å². The van der Waals surface area contributed by atoms with Crippen LogP contribution >= 0.6 is 0 Å². The zero-order chi connectivity index (χ0) is 17.4. The quantitative estimate of drug-likeness (QED) is 0.814. The highest BCUT2D eigenvalue weighted by Crippen LogP contribution is 2.11. The lowest BCUT2D eigenvalue weighted by Crippen LogP contribution is -2.32. The number of benzene rings is 2. The Labute approximate surface area is 143 Å². The van der Waals surface area contributed by atoms with E-state index in [9.17, 15) is 9.59 Å². The highest BCUT2D eigenvalue weighted by Gasteiger charge is 2.09. The predicted octanol–water partition coefficient (Wildman–Crippen LogP) is 3.79. The van der Waals surface area contributed by atoms with Crippen LogP contribution in [0.5, 0.6) is 0 Å². The van der Waals surface area contributed by atoms with Gasteiger partial charge in [-0.2, -0.15) is 0 Å². The molecule has 0 saturated heterocycles. The molecule has 0 bridgehead atoms. The molecule has 4 heteroatoms. The van der Waals surface area contributed by atoms with Gasteiger partial charge in [-0.15, -0.1) is 0 Å². The summed E-state index contributed by atoms with van der Waals surface area (Å²) in [5, 5.41) is 5.81. The lowest BCUT2D eigenvalue weighted by atomic mass is 10.1. The van der Waals surface area contributed by atoms with Crippen molar-refractivity contribution in [2.75, 3.05) is 5.32 Å². The molecule has 2 rings (SSSR count). The number of nitrogens with one attached hydrogen (secondary N) is 2. The molecule has 1 atom stereocenters. The van der Waals surface area contributed by atoms with E-state index in [0.29, 0.717) is 17.7 Å². The van der Waals surface area contributed by atoms with Crippen molar-refractivity contribution in [3.8, 4) is 0 Å². The van der Waals surface area contributed by atoms with E-state index in [4.69, 9.17) is 0 Å². The molecule has 0 fully saturated rings. The largest absolute Gasteiger partial charge is 0.350 e. The van der Waals surface area contributed by atoms with Crippen LogP contribution < -0.4 is 10.6 Å². The second kappa shape index (κ2) is 8.87. The number of hydrogen-bond donors (Lipinski definition) is 2. The smallest absolute Gasteiger partial charge is 0.251 e. The van der Waals surface area contributed by atoms with Crippen molar-refractivity contribution >= 4 is 17.5 Å². The summed E-state index contributed by atoms with van der Waals surface area (Å²) >= 11 is 0. The topological polar surface area (TPSA) is 58.2 Å². The molecule has 0 radical (unpaired) electrons. The standard InChI is InChI=1S/C20H24N2O2/c1-3-7-15(2)21-20(24)17-10-12-18(13-11-17)22-19(23)14-16-8-5-4-6-9-16/h4-6,8-13,15H,3,7,14H2,1-2H3,(H,21,24)(H,22,23). The van der Waals surface area contributed by atoms with Gasteiger partial charge in [0.2, 0.25) is 5.91 Å². The van der Waals surface area contributed by atoms with Crippen molar-refractivity contribution < 1.29 is 9.59 Å². The Hall–Kier alpha value is -2.62. The summed E-state index contributed by atoms with van der Waals surface area (Å²) < 4.78 is 0. The minimum absolute atomic E-state index is 0.0741. The molecule has 0 aliphatic rings. The SMILES string of the molecule is CCCC(C)NC(=O)c1ccc(NC(=O)Cc2ccccc2)cc1. The molecule has 0 aromatic heterocycles. The molecule has 2 aromatic carbocycles. The van der Waals surface area contributed by atoms with E-state index in [1.165, 1.54) is 0 Å². The minimum Gasteiger partial charge on any atom is -0.350 e. The van der Waals surface area contributed by atoms with Crippen LogP contribution in [-0.2, 0) is 11.2 Å². The predicted molar refractivity (Wildman–Crippen MR) is 97.1 cm³/mol. The van der Waals surface area contributed by atoms with Crippen molar-refractivity contribution in [3.63, 3.8) is 0 Å². The lowest BCUT2D eigenvalue weighted by Gasteiger charge is -2.13. The molecule has 126 valence electrons. The molecular formula is C20H24N2O2. The highest BCUT2D eigenvalue weighted by atomic mass is 16.2. The van der Waals surface area contributed by atoms with Gasteiger partial charge in [-0.25, -0.2) is 0 Å². The van der Waals surface area contributed by atoms with Crippen LogP contribution in [0.1, 0.15) is 42.6 Å². The summed E-state index contributed by atoms with van der Waals surface area (Å²) in [7, 11) is 0. The zero-order valence-electron chi connectivity index (χ0n) is 14.2. The van der Waals surface area contributed by atoms with Crippen molar-refractivity contribution in [2.24, 2.45) is 0 Å². The monoisotopic (exact) mass is 324 g/mol. The summed E-state index contributed by atoms with van der Waals surface area (Å²) in [4.78, 5) is 24.1. The summed E-state index contributed by atoms with van der Waals surface area (Å²) in [5.41, 5.74) is 2.25. The maximum atomic E-state index is 12.1. The average Bonchev–Trinajstić information content (AvgIpc) is 2.56. The van der Waals surface area contributed by atoms with Gasteiger partial charge in [-0.3, -0.25) is 9.59 Å². The van der Waals surface area contributed by atoms with E-state index < -0.39 is 0 Å². The molecule has 24 heavy (non-hydrogen) atoms. The van der Waals surface area contributed by atoms with Gasteiger partial charge in [0.25, 0.3) is 5.91 Å². The molecule has 2 aromatic rings. The number of carbonyl (C=O) groups is 2. The van der Waals surface area contributed by atoms with Crippen LogP contribution in [0.4, 0.5) is 5.69 Å². The van der Waals surface area contributed by atoms with E-state index in [0.717, 1.165) is 18.4 Å². The molecule has 1 unspecified atom stereocenters. The van der Waals surface area contributed by atoms with Crippen LogP contribution in [0.3, 0.4) is 0 Å². The highest BCUT2D eigenvalue weighted by molar-refractivity contribution is 5.96.